The second-order valence-electron chi connectivity index (χ2n) is 6.27. The van der Waals surface area contributed by atoms with E-state index in [1.807, 2.05) is 0 Å². The second kappa shape index (κ2) is 9.83. The molecule has 0 fully saturated rings. The molecule has 1 aliphatic heterocycles. The van der Waals surface area contributed by atoms with Crippen molar-refractivity contribution in [3.63, 3.8) is 0 Å². The van der Waals surface area contributed by atoms with Crippen LogP contribution in [0.4, 0.5) is 5.69 Å². The van der Waals surface area contributed by atoms with Gasteiger partial charge in [-0.2, -0.15) is 0 Å². The molecule has 1 aromatic rings. The van der Waals surface area contributed by atoms with E-state index in [9.17, 15) is 0 Å². The van der Waals surface area contributed by atoms with Crippen molar-refractivity contribution in [1.29, 1.82) is 0 Å². The standard InChI is InChI=1S/C19H32N2/c1-2-3-4-5-6-7-8-11-15-21-16-14-20-17-18-12-9-10-13-19(18)21/h9-10,12-13,20H,2-8,11,14-17H2,1H3. The highest BCUT2D eigenvalue weighted by molar-refractivity contribution is 5.54. The molecule has 0 aliphatic carbocycles. The molecule has 0 aromatic heterocycles. The minimum Gasteiger partial charge on any atom is -0.370 e. The van der Waals surface area contributed by atoms with E-state index in [4.69, 9.17) is 0 Å². The van der Waals surface area contributed by atoms with E-state index >= 15 is 0 Å². The number of hydrogen-bond acceptors (Lipinski definition) is 2. The summed E-state index contributed by atoms with van der Waals surface area (Å²) in [4.78, 5) is 2.58. The van der Waals surface area contributed by atoms with Crippen molar-refractivity contribution in [2.45, 2.75) is 64.8 Å². The van der Waals surface area contributed by atoms with Gasteiger partial charge in [0.2, 0.25) is 0 Å². The minimum atomic E-state index is 1.02. The molecule has 118 valence electrons. The van der Waals surface area contributed by atoms with Gasteiger partial charge in [0.25, 0.3) is 0 Å². The number of unbranched alkanes of at least 4 members (excludes halogenated alkanes) is 7. The zero-order chi connectivity index (χ0) is 14.8. The smallest absolute Gasteiger partial charge is 0.0412 e. The fourth-order valence-corrected chi connectivity index (χ4v) is 3.20. The molecule has 2 nitrogen and oxygen atoms in total. The molecule has 0 saturated carbocycles. The van der Waals surface area contributed by atoms with Gasteiger partial charge in [0.15, 0.2) is 0 Å². The van der Waals surface area contributed by atoms with Crippen molar-refractivity contribution in [2.75, 3.05) is 24.5 Å². The molecular formula is C19H32N2. The molecule has 0 bridgehead atoms. The number of anilines is 1. The van der Waals surface area contributed by atoms with Gasteiger partial charge in [0, 0.05) is 31.9 Å². The van der Waals surface area contributed by atoms with Crippen LogP contribution in [0.5, 0.6) is 0 Å². The van der Waals surface area contributed by atoms with E-state index in [1.54, 1.807) is 0 Å². The van der Waals surface area contributed by atoms with Crippen molar-refractivity contribution in [1.82, 2.24) is 5.32 Å². The molecule has 1 heterocycles. The number of rotatable bonds is 9. The van der Waals surface area contributed by atoms with Crippen molar-refractivity contribution in [3.8, 4) is 0 Å². The first-order valence-electron chi connectivity index (χ1n) is 8.95. The Kier molecular flexibility index (Phi) is 7.66. The zero-order valence-corrected chi connectivity index (χ0v) is 13.7. The third-order valence-corrected chi connectivity index (χ3v) is 4.49. The SMILES string of the molecule is CCCCCCCCCCN1CCNCc2ccccc21. The van der Waals surface area contributed by atoms with Crippen LogP contribution in [-0.4, -0.2) is 19.6 Å². The van der Waals surface area contributed by atoms with Gasteiger partial charge in [-0.3, -0.25) is 0 Å². The van der Waals surface area contributed by atoms with Gasteiger partial charge >= 0.3 is 0 Å². The summed E-state index contributed by atoms with van der Waals surface area (Å²) in [5, 5.41) is 3.52. The summed E-state index contributed by atoms with van der Waals surface area (Å²) in [5.41, 5.74) is 2.90. The average molecular weight is 288 g/mol. The van der Waals surface area contributed by atoms with Crippen LogP contribution < -0.4 is 10.2 Å². The normalized spacial score (nSPS) is 14.8. The maximum atomic E-state index is 3.52. The zero-order valence-electron chi connectivity index (χ0n) is 13.7. The highest BCUT2D eigenvalue weighted by atomic mass is 15.2. The van der Waals surface area contributed by atoms with Gasteiger partial charge in [0.1, 0.15) is 0 Å². The quantitative estimate of drug-likeness (QED) is 0.660. The molecular weight excluding hydrogens is 256 g/mol. The first-order chi connectivity index (χ1) is 10.4. The molecule has 0 unspecified atom stereocenters. The largest absolute Gasteiger partial charge is 0.370 e. The van der Waals surface area contributed by atoms with Gasteiger partial charge in [-0.1, -0.05) is 70.1 Å². The lowest BCUT2D eigenvalue weighted by Crippen LogP contribution is -2.29. The fourth-order valence-electron chi connectivity index (χ4n) is 3.20. The highest BCUT2D eigenvalue weighted by Gasteiger charge is 2.13. The summed E-state index contributed by atoms with van der Waals surface area (Å²) in [6, 6.07) is 8.87. The van der Waals surface area contributed by atoms with Crippen molar-refractivity contribution >= 4 is 5.69 Å². The Morgan fingerprint density at radius 2 is 1.67 bits per heavy atom. The van der Waals surface area contributed by atoms with Crippen LogP contribution in [0.3, 0.4) is 0 Å². The first-order valence-corrected chi connectivity index (χ1v) is 8.95. The van der Waals surface area contributed by atoms with Crippen LogP contribution in [0.25, 0.3) is 0 Å². The number of fused-ring (bicyclic) bond motifs is 1. The summed E-state index contributed by atoms with van der Waals surface area (Å²) in [5.74, 6) is 0. The Morgan fingerprint density at radius 1 is 0.952 bits per heavy atom. The van der Waals surface area contributed by atoms with Gasteiger partial charge in [-0.05, 0) is 18.1 Å². The molecule has 1 aliphatic rings. The summed E-state index contributed by atoms with van der Waals surface area (Å²) >= 11 is 0. The maximum absolute atomic E-state index is 3.52. The summed E-state index contributed by atoms with van der Waals surface area (Å²) in [6.45, 7) is 6.77. The van der Waals surface area contributed by atoms with Crippen molar-refractivity contribution in [3.05, 3.63) is 29.8 Å². The minimum absolute atomic E-state index is 1.02. The predicted molar refractivity (Wildman–Crippen MR) is 93.0 cm³/mol. The van der Waals surface area contributed by atoms with E-state index < -0.39 is 0 Å². The van der Waals surface area contributed by atoms with E-state index in [0.29, 0.717) is 0 Å². The van der Waals surface area contributed by atoms with Crippen LogP contribution in [0.15, 0.2) is 24.3 Å². The van der Waals surface area contributed by atoms with Crippen LogP contribution in [0.1, 0.15) is 63.9 Å². The average Bonchev–Trinajstić information content (AvgIpc) is 2.72. The summed E-state index contributed by atoms with van der Waals surface area (Å²) < 4.78 is 0. The lowest BCUT2D eigenvalue weighted by Gasteiger charge is -2.24. The number of nitrogens with zero attached hydrogens (tertiary/aromatic N) is 1. The highest BCUT2D eigenvalue weighted by Crippen LogP contribution is 2.22. The number of hydrogen-bond donors (Lipinski definition) is 1. The van der Waals surface area contributed by atoms with Crippen LogP contribution in [0.2, 0.25) is 0 Å². The topological polar surface area (TPSA) is 15.3 Å². The van der Waals surface area contributed by atoms with Gasteiger partial charge < -0.3 is 10.2 Å². The molecule has 0 spiro atoms. The van der Waals surface area contributed by atoms with Crippen molar-refractivity contribution < 1.29 is 0 Å². The molecule has 2 heteroatoms. The molecule has 1 aromatic carbocycles. The predicted octanol–water partition coefficient (Wildman–Crippen LogP) is 4.74. The lowest BCUT2D eigenvalue weighted by atomic mass is 10.1. The van der Waals surface area contributed by atoms with Crippen LogP contribution in [-0.2, 0) is 6.54 Å². The molecule has 0 amide bonds. The Hall–Kier alpha value is -1.02. The Balaban J connectivity index is 1.66. The molecule has 0 saturated heterocycles. The number of benzene rings is 1. The van der Waals surface area contributed by atoms with Crippen molar-refractivity contribution in [2.24, 2.45) is 0 Å². The van der Waals surface area contributed by atoms with E-state index in [-0.39, 0.29) is 0 Å². The van der Waals surface area contributed by atoms with E-state index in [0.717, 1.165) is 19.6 Å². The van der Waals surface area contributed by atoms with Crippen LogP contribution >= 0.6 is 0 Å². The fraction of sp³-hybridized carbons (Fsp3) is 0.684. The molecule has 0 atom stereocenters. The van der Waals surface area contributed by atoms with Gasteiger partial charge in [-0.25, -0.2) is 0 Å². The number of nitrogens with one attached hydrogen (secondary N) is 1. The lowest BCUT2D eigenvalue weighted by molar-refractivity contribution is 0.570. The Morgan fingerprint density at radius 3 is 2.48 bits per heavy atom. The molecule has 2 rings (SSSR count). The monoisotopic (exact) mass is 288 g/mol. The summed E-state index contributed by atoms with van der Waals surface area (Å²) in [6.07, 6.45) is 11.2. The second-order valence-corrected chi connectivity index (χ2v) is 6.27. The number of para-hydroxylation sites is 1. The Labute approximate surface area is 130 Å². The molecule has 0 radical (unpaired) electrons. The third-order valence-electron chi connectivity index (χ3n) is 4.49. The van der Waals surface area contributed by atoms with Gasteiger partial charge in [-0.15, -0.1) is 0 Å². The van der Waals surface area contributed by atoms with E-state index in [1.165, 1.54) is 69.2 Å². The summed E-state index contributed by atoms with van der Waals surface area (Å²) in [7, 11) is 0. The first kappa shape index (κ1) is 16.4. The van der Waals surface area contributed by atoms with Crippen LogP contribution in [0, 0.1) is 0 Å². The third kappa shape index (κ3) is 5.70. The van der Waals surface area contributed by atoms with E-state index in [2.05, 4.69) is 41.4 Å². The Bertz CT molecular complexity index is 389. The maximum Gasteiger partial charge on any atom is 0.0412 e. The molecule has 1 N–H and O–H groups in total. The molecule has 21 heavy (non-hydrogen) atoms. The van der Waals surface area contributed by atoms with Gasteiger partial charge in [0.05, 0.1) is 0 Å².